The summed E-state index contributed by atoms with van der Waals surface area (Å²) in [6.45, 7) is 5.99. The van der Waals surface area contributed by atoms with Gasteiger partial charge in [0, 0.05) is 29.3 Å². The average molecular weight is 368 g/mol. The molecule has 0 aromatic carbocycles. The molecule has 3 aromatic heterocycles. The maximum atomic E-state index is 12.3. The first kappa shape index (κ1) is 17.6. The van der Waals surface area contributed by atoms with Crippen LogP contribution in [0.1, 0.15) is 47.6 Å². The first-order valence-electron chi connectivity index (χ1n) is 7.65. The maximum absolute atomic E-state index is 12.3. The second-order valence-electron chi connectivity index (χ2n) is 6.40. The van der Waals surface area contributed by atoms with Gasteiger partial charge in [0.2, 0.25) is 5.95 Å². The average Bonchev–Trinajstić information content (AvgIpc) is 3.23. The number of hydrogen-bond acceptors (Lipinski definition) is 8. The van der Waals surface area contributed by atoms with Crippen LogP contribution in [0.15, 0.2) is 28.4 Å². The highest BCUT2D eigenvalue weighted by Crippen LogP contribution is 2.24. The summed E-state index contributed by atoms with van der Waals surface area (Å²) in [5.41, 5.74) is 6.10. The molecule has 0 unspecified atom stereocenters. The van der Waals surface area contributed by atoms with E-state index in [4.69, 9.17) is 10.3 Å². The molecule has 0 saturated carbocycles. The number of hydrogen-bond donors (Lipinski definition) is 2. The third-order valence-electron chi connectivity index (χ3n) is 3.21. The number of rotatable bonds is 2. The minimum Gasteiger partial charge on any atom is -0.368 e. The Kier molecular flexibility index (Phi) is 4.69. The molecule has 0 aliphatic carbocycles. The van der Waals surface area contributed by atoms with Crippen molar-refractivity contribution in [2.24, 2.45) is 0 Å². The lowest BCUT2D eigenvalue weighted by Crippen LogP contribution is -2.13. The number of nitrogens with one attached hydrogen (secondary N) is 1. The van der Waals surface area contributed by atoms with Gasteiger partial charge in [-0.2, -0.15) is 0 Å². The van der Waals surface area contributed by atoms with Crippen LogP contribution < -0.4 is 11.1 Å². The van der Waals surface area contributed by atoms with Crippen molar-refractivity contribution in [1.29, 1.82) is 0 Å². The monoisotopic (exact) mass is 368 g/mol. The van der Waals surface area contributed by atoms with Crippen molar-refractivity contribution < 1.29 is 9.32 Å². The molecule has 0 bridgehead atoms. The van der Waals surface area contributed by atoms with E-state index in [0.29, 0.717) is 22.1 Å². The predicted molar refractivity (Wildman–Crippen MR) is 97.7 cm³/mol. The predicted octanol–water partition coefficient (Wildman–Crippen LogP) is 2.45. The molecule has 8 nitrogen and oxygen atoms in total. The number of carbonyl (C=O) groups is 1. The van der Waals surface area contributed by atoms with Crippen LogP contribution >= 0.6 is 11.3 Å². The van der Waals surface area contributed by atoms with Crippen molar-refractivity contribution in [1.82, 2.24) is 20.1 Å². The van der Waals surface area contributed by atoms with Crippen LogP contribution in [0.3, 0.4) is 0 Å². The Labute approximate surface area is 153 Å². The number of aromatic nitrogens is 4. The fourth-order valence-electron chi connectivity index (χ4n) is 1.83. The normalized spacial score (nSPS) is 10.9. The molecule has 132 valence electrons. The van der Waals surface area contributed by atoms with E-state index < -0.39 is 0 Å². The van der Waals surface area contributed by atoms with Crippen molar-refractivity contribution in [3.8, 4) is 11.8 Å². The minimum absolute atomic E-state index is 0.186. The van der Waals surface area contributed by atoms with Gasteiger partial charge in [0.15, 0.2) is 10.8 Å². The van der Waals surface area contributed by atoms with Crippen LogP contribution in [-0.4, -0.2) is 26.0 Å². The van der Waals surface area contributed by atoms with E-state index in [9.17, 15) is 4.79 Å². The molecule has 0 spiro atoms. The molecule has 0 atom stereocenters. The number of thiazole rings is 1. The number of nitrogens with zero attached hydrogens (tertiary/aromatic N) is 4. The van der Waals surface area contributed by atoms with Crippen LogP contribution in [0.4, 0.5) is 11.8 Å². The van der Waals surface area contributed by atoms with Gasteiger partial charge in [0.05, 0.1) is 5.56 Å². The highest BCUT2D eigenvalue weighted by Gasteiger charge is 2.21. The molecule has 3 aromatic rings. The summed E-state index contributed by atoms with van der Waals surface area (Å²) in [4.78, 5) is 24.2. The Balaban J connectivity index is 1.68. The van der Waals surface area contributed by atoms with Crippen LogP contribution in [0.2, 0.25) is 0 Å². The fraction of sp³-hybridized carbons (Fsp3) is 0.235. The second-order valence-corrected chi connectivity index (χ2v) is 7.26. The standard InChI is InChI=1S/C17H16N6O2S/c1-17(2,3)12-6-13(23-25-12)22-15(24)11-9-26-14(21-11)5-4-10-7-19-16(18)20-8-10/h6-9H,1-3H3,(H2,18,19,20)(H,22,23,24). The van der Waals surface area contributed by atoms with Crippen LogP contribution in [0.25, 0.3) is 0 Å². The quantitative estimate of drug-likeness (QED) is 0.667. The van der Waals surface area contributed by atoms with E-state index in [-0.39, 0.29) is 23.0 Å². The molecule has 1 amide bonds. The molecule has 3 N–H and O–H groups in total. The molecule has 0 aliphatic heterocycles. The Morgan fingerprint density at radius 2 is 2.00 bits per heavy atom. The number of amides is 1. The van der Waals surface area contributed by atoms with Crippen molar-refractivity contribution in [3.63, 3.8) is 0 Å². The summed E-state index contributed by atoms with van der Waals surface area (Å²) in [5.74, 6) is 6.58. The van der Waals surface area contributed by atoms with Gasteiger partial charge in [-0.3, -0.25) is 4.79 Å². The Hall–Kier alpha value is -3.25. The summed E-state index contributed by atoms with van der Waals surface area (Å²) < 4.78 is 5.24. The topological polar surface area (TPSA) is 120 Å². The zero-order valence-corrected chi connectivity index (χ0v) is 15.2. The molecule has 3 rings (SSSR count). The summed E-state index contributed by atoms with van der Waals surface area (Å²) in [6, 6.07) is 1.70. The minimum atomic E-state index is -0.376. The molecule has 0 aliphatic rings. The maximum Gasteiger partial charge on any atom is 0.276 e. The van der Waals surface area contributed by atoms with E-state index in [1.165, 1.54) is 23.7 Å². The first-order chi connectivity index (χ1) is 12.3. The second kappa shape index (κ2) is 6.93. The lowest BCUT2D eigenvalue weighted by Gasteiger charge is -2.11. The highest BCUT2D eigenvalue weighted by molar-refractivity contribution is 7.10. The lowest BCUT2D eigenvalue weighted by molar-refractivity contribution is 0.102. The highest BCUT2D eigenvalue weighted by atomic mass is 32.1. The smallest absolute Gasteiger partial charge is 0.276 e. The van der Waals surface area contributed by atoms with Gasteiger partial charge in [0.25, 0.3) is 5.91 Å². The van der Waals surface area contributed by atoms with Gasteiger partial charge in [-0.25, -0.2) is 15.0 Å². The first-order valence-corrected chi connectivity index (χ1v) is 8.53. The Bertz CT molecular complexity index is 989. The van der Waals surface area contributed by atoms with E-state index in [0.717, 1.165) is 0 Å². The third kappa shape index (κ3) is 4.23. The van der Waals surface area contributed by atoms with Gasteiger partial charge in [-0.05, 0) is 5.92 Å². The van der Waals surface area contributed by atoms with E-state index in [2.05, 4.69) is 37.3 Å². The fourth-order valence-corrected chi connectivity index (χ4v) is 2.48. The van der Waals surface area contributed by atoms with Gasteiger partial charge in [0.1, 0.15) is 11.5 Å². The molecule has 9 heteroatoms. The van der Waals surface area contributed by atoms with Gasteiger partial charge in [-0.1, -0.05) is 31.8 Å². The summed E-state index contributed by atoms with van der Waals surface area (Å²) in [5, 5.41) is 8.65. The van der Waals surface area contributed by atoms with Crippen molar-refractivity contribution in [2.45, 2.75) is 26.2 Å². The van der Waals surface area contributed by atoms with Gasteiger partial charge in [-0.15, -0.1) is 11.3 Å². The van der Waals surface area contributed by atoms with Crippen LogP contribution in [-0.2, 0) is 5.41 Å². The van der Waals surface area contributed by atoms with Crippen molar-refractivity contribution in [3.05, 3.63) is 45.9 Å². The largest absolute Gasteiger partial charge is 0.368 e. The SMILES string of the molecule is CC(C)(C)c1cc(NC(=O)c2csc(C#Cc3cnc(N)nc3)n2)no1. The summed E-state index contributed by atoms with van der Waals surface area (Å²) >= 11 is 1.27. The lowest BCUT2D eigenvalue weighted by atomic mass is 9.93. The Morgan fingerprint density at radius 1 is 1.27 bits per heavy atom. The summed E-state index contributed by atoms with van der Waals surface area (Å²) in [6.07, 6.45) is 3.04. The van der Waals surface area contributed by atoms with Gasteiger partial charge >= 0.3 is 0 Å². The molecule has 0 fully saturated rings. The van der Waals surface area contributed by atoms with Gasteiger partial charge < -0.3 is 15.6 Å². The van der Waals surface area contributed by atoms with Crippen molar-refractivity contribution >= 4 is 29.0 Å². The third-order valence-corrected chi connectivity index (χ3v) is 3.97. The van der Waals surface area contributed by atoms with E-state index >= 15 is 0 Å². The van der Waals surface area contributed by atoms with E-state index in [1.54, 1.807) is 11.4 Å². The van der Waals surface area contributed by atoms with Crippen LogP contribution in [0, 0.1) is 11.8 Å². The molecule has 0 radical (unpaired) electrons. The number of carbonyl (C=O) groups excluding carboxylic acids is 1. The van der Waals surface area contributed by atoms with Crippen molar-refractivity contribution in [2.75, 3.05) is 11.1 Å². The molecular weight excluding hydrogens is 352 g/mol. The Morgan fingerprint density at radius 3 is 2.65 bits per heavy atom. The summed E-state index contributed by atoms with van der Waals surface area (Å²) in [7, 11) is 0. The number of anilines is 2. The molecular formula is C17H16N6O2S. The van der Waals surface area contributed by atoms with E-state index in [1.807, 2.05) is 20.8 Å². The number of nitrogens with two attached hydrogens (primary N) is 1. The zero-order chi connectivity index (χ0) is 18.7. The molecule has 0 saturated heterocycles. The molecule has 26 heavy (non-hydrogen) atoms. The molecule has 3 heterocycles. The number of nitrogen functional groups attached to an aromatic ring is 1. The zero-order valence-electron chi connectivity index (χ0n) is 14.4. The van der Waals surface area contributed by atoms with Crippen LogP contribution in [0.5, 0.6) is 0 Å².